The van der Waals surface area contributed by atoms with Crippen molar-refractivity contribution >= 4 is 6.03 Å². The highest BCUT2D eigenvalue weighted by Crippen LogP contribution is 2.29. The van der Waals surface area contributed by atoms with Crippen LogP contribution in [0.15, 0.2) is 55.1 Å². The van der Waals surface area contributed by atoms with Gasteiger partial charge >= 0.3 is 6.03 Å². The number of hydrogen-bond acceptors (Lipinski definition) is 4. The van der Waals surface area contributed by atoms with Gasteiger partial charge in [-0.2, -0.15) is 0 Å². The minimum absolute atomic E-state index is 0.0370. The monoisotopic (exact) mass is 442 g/mol. The predicted molar refractivity (Wildman–Crippen MR) is 122 cm³/mol. The fraction of sp³-hybridized carbons (Fsp3) is 0.400. The van der Waals surface area contributed by atoms with Gasteiger partial charge in [-0.15, -0.1) is 0 Å². The van der Waals surface area contributed by atoms with Crippen LogP contribution in [0.1, 0.15) is 24.0 Å². The number of carbonyl (C=O) groups excluding carboxylic acids is 1. The molecule has 0 bridgehead atoms. The van der Waals surface area contributed by atoms with Crippen LogP contribution in [0.2, 0.25) is 0 Å². The van der Waals surface area contributed by atoms with E-state index in [1.165, 1.54) is 12.1 Å². The molecule has 2 aromatic carbocycles. The average molecular weight is 443 g/mol. The van der Waals surface area contributed by atoms with E-state index in [9.17, 15) is 9.18 Å². The van der Waals surface area contributed by atoms with Gasteiger partial charge < -0.3 is 24.4 Å². The van der Waals surface area contributed by atoms with Crippen LogP contribution in [0, 0.1) is 5.82 Å². The average Bonchev–Trinajstić information content (AvgIpc) is 3.32. The second kappa shape index (κ2) is 12.1. The molecule has 2 amide bonds. The van der Waals surface area contributed by atoms with Gasteiger partial charge in [0.05, 0.1) is 13.2 Å². The molecule has 1 fully saturated rings. The summed E-state index contributed by atoms with van der Waals surface area (Å²) in [4.78, 5) is 14.7. The van der Waals surface area contributed by atoms with E-state index in [1.807, 2.05) is 18.2 Å². The summed E-state index contributed by atoms with van der Waals surface area (Å²) in [6, 6.07) is 11.8. The Morgan fingerprint density at radius 1 is 1.25 bits per heavy atom. The molecule has 2 aromatic rings. The largest absolute Gasteiger partial charge is 0.493 e. The smallest absolute Gasteiger partial charge is 0.317 e. The number of methoxy groups -OCH3 is 1. The van der Waals surface area contributed by atoms with Crippen LogP contribution in [0.3, 0.4) is 0 Å². The maximum absolute atomic E-state index is 13.1. The summed E-state index contributed by atoms with van der Waals surface area (Å²) in [5.74, 6) is 0.973. The van der Waals surface area contributed by atoms with Gasteiger partial charge in [0.1, 0.15) is 12.4 Å². The Morgan fingerprint density at radius 3 is 2.72 bits per heavy atom. The second-order valence-corrected chi connectivity index (χ2v) is 7.71. The number of amides is 2. The lowest BCUT2D eigenvalue weighted by Crippen LogP contribution is -2.43. The first-order chi connectivity index (χ1) is 15.6. The first-order valence-corrected chi connectivity index (χ1v) is 10.9. The van der Waals surface area contributed by atoms with Crippen molar-refractivity contribution in [3.63, 3.8) is 0 Å². The van der Waals surface area contributed by atoms with Crippen molar-refractivity contribution < 1.29 is 23.4 Å². The van der Waals surface area contributed by atoms with Gasteiger partial charge in [0.25, 0.3) is 0 Å². The summed E-state index contributed by atoms with van der Waals surface area (Å²) in [6.07, 6.45) is 4.29. The van der Waals surface area contributed by atoms with E-state index in [1.54, 1.807) is 30.2 Å². The molecule has 32 heavy (non-hydrogen) atoms. The number of halogens is 1. The molecule has 1 heterocycles. The lowest BCUT2D eigenvalue weighted by molar-refractivity contribution is 0.0795. The molecule has 0 radical (unpaired) electrons. The van der Waals surface area contributed by atoms with Crippen molar-refractivity contribution in [1.29, 1.82) is 0 Å². The fourth-order valence-corrected chi connectivity index (χ4v) is 3.63. The van der Waals surface area contributed by atoms with E-state index < -0.39 is 0 Å². The maximum atomic E-state index is 13.1. The minimum atomic E-state index is -0.267. The first-order valence-electron chi connectivity index (χ1n) is 10.9. The minimum Gasteiger partial charge on any atom is -0.493 e. The third kappa shape index (κ3) is 6.99. The van der Waals surface area contributed by atoms with Crippen LogP contribution in [-0.2, 0) is 17.7 Å². The Labute approximate surface area is 189 Å². The Morgan fingerprint density at radius 2 is 2.03 bits per heavy atom. The molecule has 172 valence electrons. The molecule has 0 aromatic heterocycles. The third-order valence-corrected chi connectivity index (χ3v) is 5.30. The van der Waals surface area contributed by atoms with Crippen LogP contribution in [0.5, 0.6) is 11.5 Å². The van der Waals surface area contributed by atoms with Crippen molar-refractivity contribution in [3.8, 4) is 11.5 Å². The first kappa shape index (κ1) is 23.6. The SMILES string of the molecule is C=CCOc1ccc(CN(C[C@H]2CCCO2)C(=O)NCCc2ccc(F)cc2)cc1OC. The Bertz CT molecular complexity index is 882. The van der Waals surface area contributed by atoms with Gasteiger partial charge in [-0.3, -0.25) is 0 Å². The number of carbonyl (C=O) groups is 1. The summed E-state index contributed by atoms with van der Waals surface area (Å²) in [7, 11) is 1.59. The number of rotatable bonds is 11. The molecule has 1 aliphatic heterocycles. The Balaban J connectivity index is 1.64. The quantitative estimate of drug-likeness (QED) is 0.526. The highest BCUT2D eigenvalue weighted by molar-refractivity contribution is 5.74. The van der Waals surface area contributed by atoms with Crippen molar-refractivity contribution in [1.82, 2.24) is 10.2 Å². The van der Waals surface area contributed by atoms with E-state index >= 15 is 0 Å². The number of nitrogens with zero attached hydrogens (tertiary/aromatic N) is 1. The normalized spacial score (nSPS) is 15.2. The van der Waals surface area contributed by atoms with E-state index in [0.717, 1.165) is 30.6 Å². The van der Waals surface area contributed by atoms with Crippen molar-refractivity contribution in [3.05, 3.63) is 72.1 Å². The van der Waals surface area contributed by atoms with Gasteiger partial charge in [0.15, 0.2) is 11.5 Å². The molecule has 0 spiro atoms. The molecule has 3 rings (SSSR count). The molecule has 0 aliphatic carbocycles. The standard InChI is InChI=1S/C25H31FN2O4/c1-3-14-32-23-11-8-20(16-24(23)30-2)17-28(18-22-5-4-15-31-22)25(29)27-13-12-19-6-9-21(26)10-7-19/h3,6-11,16,22H,1,4-5,12-15,17-18H2,2H3,(H,27,29)/t22-/m1/s1. The predicted octanol–water partition coefficient (Wildman–Crippen LogP) is 4.33. The van der Waals surface area contributed by atoms with Gasteiger partial charge in [-0.05, 0) is 54.7 Å². The zero-order chi connectivity index (χ0) is 22.8. The fourth-order valence-electron chi connectivity index (χ4n) is 3.63. The number of benzene rings is 2. The van der Waals surface area contributed by atoms with Gasteiger partial charge in [-0.25, -0.2) is 9.18 Å². The van der Waals surface area contributed by atoms with Crippen LogP contribution < -0.4 is 14.8 Å². The zero-order valence-electron chi connectivity index (χ0n) is 18.5. The molecule has 0 saturated carbocycles. The van der Waals surface area contributed by atoms with Gasteiger partial charge in [-0.1, -0.05) is 30.9 Å². The molecule has 1 aliphatic rings. The molecule has 1 saturated heterocycles. The molecular formula is C25H31FN2O4. The summed E-state index contributed by atoms with van der Waals surface area (Å²) in [5, 5.41) is 2.98. The van der Waals surface area contributed by atoms with E-state index in [4.69, 9.17) is 14.2 Å². The third-order valence-electron chi connectivity index (χ3n) is 5.30. The number of nitrogens with one attached hydrogen (secondary N) is 1. The number of urea groups is 1. The van der Waals surface area contributed by atoms with Gasteiger partial charge in [0.2, 0.25) is 0 Å². The maximum Gasteiger partial charge on any atom is 0.317 e. The summed E-state index contributed by atoms with van der Waals surface area (Å²) >= 11 is 0. The topological polar surface area (TPSA) is 60.0 Å². The molecule has 0 unspecified atom stereocenters. The van der Waals surface area contributed by atoms with Crippen LogP contribution >= 0.6 is 0 Å². The van der Waals surface area contributed by atoms with Crippen LogP contribution in [0.25, 0.3) is 0 Å². The van der Waals surface area contributed by atoms with Crippen LogP contribution in [0.4, 0.5) is 9.18 Å². The summed E-state index contributed by atoms with van der Waals surface area (Å²) in [5.41, 5.74) is 1.90. The summed E-state index contributed by atoms with van der Waals surface area (Å²) in [6.45, 7) is 6.17. The van der Waals surface area contributed by atoms with E-state index in [2.05, 4.69) is 11.9 Å². The van der Waals surface area contributed by atoms with Crippen molar-refractivity contribution in [2.75, 3.05) is 33.4 Å². The van der Waals surface area contributed by atoms with Gasteiger partial charge in [0, 0.05) is 26.2 Å². The Kier molecular flexibility index (Phi) is 8.92. The highest BCUT2D eigenvalue weighted by atomic mass is 19.1. The molecule has 1 atom stereocenters. The molecule has 1 N–H and O–H groups in total. The molecule has 6 nitrogen and oxygen atoms in total. The number of ether oxygens (including phenoxy) is 3. The highest BCUT2D eigenvalue weighted by Gasteiger charge is 2.23. The van der Waals surface area contributed by atoms with E-state index in [0.29, 0.717) is 44.2 Å². The van der Waals surface area contributed by atoms with Crippen molar-refractivity contribution in [2.45, 2.75) is 31.9 Å². The van der Waals surface area contributed by atoms with E-state index in [-0.39, 0.29) is 18.0 Å². The number of hydrogen-bond donors (Lipinski definition) is 1. The zero-order valence-corrected chi connectivity index (χ0v) is 18.5. The lowest BCUT2D eigenvalue weighted by Gasteiger charge is -2.26. The summed E-state index contributed by atoms with van der Waals surface area (Å²) < 4.78 is 29.9. The van der Waals surface area contributed by atoms with Crippen LogP contribution in [-0.4, -0.2) is 50.4 Å². The molecule has 7 heteroatoms. The second-order valence-electron chi connectivity index (χ2n) is 7.71. The van der Waals surface area contributed by atoms with Crippen molar-refractivity contribution in [2.24, 2.45) is 0 Å². The molecular weight excluding hydrogens is 411 g/mol. The Hall–Kier alpha value is -3.06. The lowest BCUT2D eigenvalue weighted by atomic mass is 10.1.